The summed E-state index contributed by atoms with van der Waals surface area (Å²) in [5.41, 5.74) is 6.38. The molecule has 0 saturated carbocycles. The monoisotopic (exact) mass is 695 g/mol. The van der Waals surface area contributed by atoms with Crippen molar-refractivity contribution in [3.8, 4) is 11.1 Å². The normalized spacial score (nSPS) is 20.0. The van der Waals surface area contributed by atoms with Crippen molar-refractivity contribution in [2.45, 2.75) is 64.6 Å². The van der Waals surface area contributed by atoms with E-state index < -0.39 is 24.4 Å². The number of benzene rings is 4. The molecular weight excluding hydrogens is 646 g/mol. The molecule has 0 spiro atoms. The number of carbonyl (C=O) groups is 2. The van der Waals surface area contributed by atoms with Crippen LogP contribution in [0.2, 0.25) is 0 Å². The van der Waals surface area contributed by atoms with Crippen LogP contribution < -0.4 is 10.6 Å². The van der Waals surface area contributed by atoms with Gasteiger partial charge in [-0.2, -0.15) is 0 Å². The molecule has 0 bridgehead atoms. The lowest BCUT2D eigenvalue weighted by Gasteiger charge is -2.43. The van der Waals surface area contributed by atoms with Crippen LogP contribution in [-0.2, 0) is 32.2 Å². The van der Waals surface area contributed by atoms with E-state index in [-0.39, 0.29) is 50.5 Å². The highest BCUT2D eigenvalue weighted by molar-refractivity contribution is 5.80. The Morgan fingerprint density at radius 2 is 1.57 bits per heavy atom. The molecular formula is C41H49N3O7. The van der Waals surface area contributed by atoms with Crippen molar-refractivity contribution in [2.24, 2.45) is 5.92 Å². The SMILES string of the molecule is CCOC(=O)CNC(=O)NCc1cccc(-c2cccc(C3OC(CN(C)C(C)C(O)c4ccccc4)C(C)C(c4ccc(CO)cc4)O3)c2)c1. The lowest BCUT2D eigenvalue weighted by molar-refractivity contribution is -0.276. The molecule has 1 aliphatic heterocycles. The van der Waals surface area contributed by atoms with Crippen LogP contribution >= 0.6 is 0 Å². The van der Waals surface area contributed by atoms with Gasteiger partial charge < -0.3 is 35.1 Å². The first-order valence-electron chi connectivity index (χ1n) is 17.5. The van der Waals surface area contributed by atoms with Crippen LogP contribution in [0.5, 0.6) is 0 Å². The number of urea groups is 1. The number of nitrogens with zero attached hydrogens (tertiary/aromatic N) is 1. The van der Waals surface area contributed by atoms with Crippen molar-refractivity contribution in [2.75, 3.05) is 26.7 Å². The van der Waals surface area contributed by atoms with Crippen LogP contribution in [0.3, 0.4) is 0 Å². The first-order chi connectivity index (χ1) is 24.7. The number of ether oxygens (including phenoxy) is 3. The molecule has 5 rings (SSSR count). The fourth-order valence-electron chi connectivity index (χ4n) is 6.28. The topological polar surface area (TPSA) is 130 Å². The third-order valence-electron chi connectivity index (χ3n) is 9.46. The number of aliphatic hydroxyl groups excluding tert-OH is 2. The number of esters is 1. The largest absolute Gasteiger partial charge is 0.465 e. The van der Waals surface area contributed by atoms with Crippen molar-refractivity contribution < 1.29 is 34.0 Å². The van der Waals surface area contributed by atoms with Crippen molar-refractivity contribution >= 4 is 12.0 Å². The van der Waals surface area contributed by atoms with Crippen molar-refractivity contribution in [1.29, 1.82) is 0 Å². The molecule has 1 saturated heterocycles. The van der Waals surface area contributed by atoms with E-state index in [0.29, 0.717) is 6.54 Å². The van der Waals surface area contributed by atoms with Gasteiger partial charge in [-0.3, -0.25) is 9.69 Å². The van der Waals surface area contributed by atoms with Gasteiger partial charge in [-0.15, -0.1) is 0 Å². The Hall–Kier alpha value is -4.58. The highest BCUT2D eigenvalue weighted by Gasteiger charge is 2.39. The molecule has 6 unspecified atom stereocenters. The maximum atomic E-state index is 12.2. The molecule has 4 aromatic rings. The van der Waals surface area contributed by atoms with Crippen molar-refractivity contribution in [1.82, 2.24) is 15.5 Å². The summed E-state index contributed by atoms with van der Waals surface area (Å²) in [6, 6.07) is 32.9. The maximum absolute atomic E-state index is 12.2. The van der Waals surface area contributed by atoms with E-state index in [1.807, 2.05) is 111 Å². The van der Waals surface area contributed by atoms with Gasteiger partial charge in [0.1, 0.15) is 6.54 Å². The molecule has 0 radical (unpaired) electrons. The summed E-state index contributed by atoms with van der Waals surface area (Å²) in [7, 11) is 2.01. The number of amides is 2. The minimum Gasteiger partial charge on any atom is -0.465 e. The Labute approximate surface area is 300 Å². The number of likely N-dealkylation sites (N-methyl/N-ethyl adjacent to an activating group) is 1. The van der Waals surface area contributed by atoms with Crippen LogP contribution in [0.25, 0.3) is 11.1 Å². The zero-order chi connectivity index (χ0) is 36.3. The second kappa shape index (κ2) is 18.1. The molecule has 10 heteroatoms. The van der Waals surface area contributed by atoms with Gasteiger partial charge in [0.2, 0.25) is 0 Å². The van der Waals surface area contributed by atoms with Crippen LogP contribution in [-0.4, -0.2) is 66.0 Å². The van der Waals surface area contributed by atoms with Gasteiger partial charge >= 0.3 is 12.0 Å². The average molecular weight is 696 g/mol. The lowest BCUT2D eigenvalue weighted by Crippen LogP contribution is -2.46. The summed E-state index contributed by atoms with van der Waals surface area (Å²) in [5, 5.41) is 26.1. The van der Waals surface area contributed by atoms with E-state index in [2.05, 4.69) is 28.5 Å². The van der Waals surface area contributed by atoms with Gasteiger partial charge in [-0.25, -0.2) is 4.79 Å². The number of aliphatic hydroxyl groups is 2. The second-order valence-electron chi connectivity index (χ2n) is 13.0. The molecule has 0 aromatic heterocycles. The highest BCUT2D eigenvalue weighted by Crippen LogP contribution is 2.42. The number of rotatable bonds is 14. The Bertz CT molecular complexity index is 1720. The number of hydrogen-bond acceptors (Lipinski definition) is 8. The van der Waals surface area contributed by atoms with Crippen molar-refractivity contribution in [3.63, 3.8) is 0 Å². The highest BCUT2D eigenvalue weighted by atomic mass is 16.7. The molecule has 270 valence electrons. The van der Waals surface area contributed by atoms with Crippen LogP contribution in [0.15, 0.2) is 103 Å². The third kappa shape index (κ3) is 10.0. The van der Waals surface area contributed by atoms with E-state index in [1.54, 1.807) is 6.92 Å². The molecule has 4 N–H and O–H groups in total. The van der Waals surface area contributed by atoms with E-state index in [9.17, 15) is 19.8 Å². The summed E-state index contributed by atoms with van der Waals surface area (Å²) < 4.78 is 18.3. The number of hydrogen-bond donors (Lipinski definition) is 4. The second-order valence-corrected chi connectivity index (χ2v) is 13.0. The Morgan fingerprint density at radius 1 is 0.863 bits per heavy atom. The van der Waals surface area contributed by atoms with Gasteiger partial charge in [0.05, 0.1) is 31.5 Å². The minimum atomic E-state index is -0.663. The zero-order valence-electron chi connectivity index (χ0n) is 29.7. The first kappa shape index (κ1) is 37.7. The summed E-state index contributed by atoms with van der Waals surface area (Å²) >= 11 is 0. The van der Waals surface area contributed by atoms with E-state index in [0.717, 1.165) is 38.9 Å². The number of nitrogens with one attached hydrogen (secondary N) is 2. The lowest BCUT2D eigenvalue weighted by atomic mass is 9.89. The molecule has 10 nitrogen and oxygen atoms in total. The molecule has 1 heterocycles. The summed E-state index contributed by atoms with van der Waals surface area (Å²) in [6.45, 7) is 6.73. The van der Waals surface area contributed by atoms with Crippen LogP contribution in [0.1, 0.15) is 67.1 Å². The number of carbonyl (C=O) groups excluding carboxylic acids is 2. The summed E-state index contributed by atoms with van der Waals surface area (Å²) in [5.74, 6) is -0.512. The zero-order valence-corrected chi connectivity index (χ0v) is 29.7. The quantitative estimate of drug-likeness (QED) is 0.117. The summed E-state index contributed by atoms with van der Waals surface area (Å²) in [4.78, 5) is 25.9. The van der Waals surface area contributed by atoms with Gasteiger partial charge in [0.15, 0.2) is 6.29 Å². The van der Waals surface area contributed by atoms with Crippen LogP contribution in [0.4, 0.5) is 4.79 Å². The molecule has 6 atom stereocenters. The molecule has 1 fully saturated rings. The fraction of sp³-hybridized carbons (Fsp3) is 0.366. The smallest absolute Gasteiger partial charge is 0.325 e. The molecule has 4 aromatic carbocycles. The van der Waals surface area contributed by atoms with Gasteiger partial charge in [0.25, 0.3) is 0 Å². The van der Waals surface area contributed by atoms with Crippen molar-refractivity contribution in [3.05, 3.63) is 131 Å². The molecule has 2 amide bonds. The maximum Gasteiger partial charge on any atom is 0.325 e. The predicted octanol–water partition coefficient (Wildman–Crippen LogP) is 6.05. The Kier molecular flexibility index (Phi) is 13.3. The van der Waals surface area contributed by atoms with Gasteiger partial charge in [-0.1, -0.05) is 97.9 Å². The van der Waals surface area contributed by atoms with Gasteiger partial charge in [-0.05, 0) is 66.4 Å². The van der Waals surface area contributed by atoms with Gasteiger partial charge in [0, 0.05) is 30.6 Å². The predicted molar refractivity (Wildman–Crippen MR) is 195 cm³/mol. The molecule has 51 heavy (non-hydrogen) atoms. The molecule has 0 aliphatic carbocycles. The average Bonchev–Trinajstić information content (AvgIpc) is 3.17. The van der Waals surface area contributed by atoms with E-state index in [1.165, 1.54) is 0 Å². The molecule has 1 aliphatic rings. The fourth-order valence-corrected chi connectivity index (χ4v) is 6.28. The third-order valence-corrected chi connectivity index (χ3v) is 9.46. The van der Waals surface area contributed by atoms with Crippen LogP contribution in [0, 0.1) is 5.92 Å². The minimum absolute atomic E-state index is 0.0217. The standard InChI is InChI=1S/C41H49N3O7/c1-5-49-37(46)24-43-41(48)42-23-30-11-9-14-33(21-30)34-15-10-16-35(22-34)40-50-36(25-44(4)28(3)38(47)31-12-7-6-8-13-31)27(2)39(51-40)32-19-17-29(26-45)18-20-32/h6-22,27-28,36,38-40,45,47H,5,23-26H2,1-4H3,(H2,42,43,48). The summed E-state index contributed by atoms with van der Waals surface area (Å²) in [6.07, 6.45) is -1.83. The van der Waals surface area contributed by atoms with E-state index in [4.69, 9.17) is 14.2 Å². The first-order valence-corrected chi connectivity index (χ1v) is 17.5. The Morgan fingerprint density at radius 3 is 2.27 bits per heavy atom. The Balaban J connectivity index is 1.34. The van der Waals surface area contributed by atoms with E-state index >= 15 is 0 Å².